The van der Waals surface area contributed by atoms with E-state index in [4.69, 9.17) is 4.99 Å². The van der Waals surface area contributed by atoms with Gasteiger partial charge in [0.05, 0.1) is 16.8 Å². The summed E-state index contributed by atoms with van der Waals surface area (Å²) in [5.74, 6) is 0. The molecule has 0 bridgehead atoms. The lowest BCUT2D eigenvalue weighted by molar-refractivity contribution is 0.311. The van der Waals surface area contributed by atoms with E-state index >= 15 is 0 Å². The molecule has 1 saturated carbocycles. The van der Waals surface area contributed by atoms with Crippen LogP contribution in [0.4, 0.5) is 0 Å². The maximum Gasteiger partial charge on any atom is 0.0870 e. The standard InChI is InChI=1S/C22H20N2/c1-6-12-22(13-7-1)19-10-4-3-9-18(19)21(24-22)17-14-16-8-2-5-11-20(16)23-15-17/h2-5,8-11,14-15H,1,6-7,12-13H2. The van der Waals surface area contributed by atoms with Crippen molar-refractivity contribution in [2.45, 2.75) is 37.6 Å². The van der Waals surface area contributed by atoms with Crippen LogP contribution in [0, 0.1) is 0 Å². The van der Waals surface area contributed by atoms with Gasteiger partial charge in [-0.1, -0.05) is 61.7 Å². The van der Waals surface area contributed by atoms with Gasteiger partial charge in [0.25, 0.3) is 0 Å². The molecule has 1 fully saturated rings. The molecule has 2 nitrogen and oxygen atoms in total. The Labute approximate surface area is 142 Å². The van der Waals surface area contributed by atoms with E-state index in [1.165, 1.54) is 48.6 Å². The average molecular weight is 312 g/mol. The molecular formula is C22H20N2. The molecule has 0 atom stereocenters. The summed E-state index contributed by atoms with van der Waals surface area (Å²) in [6.07, 6.45) is 8.23. The molecule has 2 aliphatic rings. The fourth-order valence-electron chi connectivity index (χ4n) is 4.37. The van der Waals surface area contributed by atoms with Crippen molar-refractivity contribution in [1.82, 2.24) is 4.98 Å². The highest BCUT2D eigenvalue weighted by Crippen LogP contribution is 2.47. The Bertz CT molecular complexity index is 949. The van der Waals surface area contributed by atoms with Gasteiger partial charge in [-0.05, 0) is 30.5 Å². The SMILES string of the molecule is c1ccc2c(c1)C(c1cnc3ccccc3c1)=NC21CCCCC1. The third kappa shape index (κ3) is 2.02. The zero-order chi connectivity index (χ0) is 16.0. The van der Waals surface area contributed by atoms with E-state index in [0.29, 0.717) is 0 Å². The molecule has 1 aliphatic heterocycles. The van der Waals surface area contributed by atoms with Crippen LogP contribution in [0.5, 0.6) is 0 Å². The molecule has 3 aromatic rings. The van der Waals surface area contributed by atoms with E-state index in [1.807, 2.05) is 12.3 Å². The highest BCUT2D eigenvalue weighted by molar-refractivity contribution is 6.16. The molecule has 1 aliphatic carbocycles. The first-order valence-corrected chi connectivity index (χ1v) is 8.91. The van der Waals surface area contributed by atoms with Crippen LogP contribution in [0.25, 0.3) is 10.9 Å². The highest BCUT2D eigenvalue weighted by Gasteiger charge is 2.40. The van der Waals surface area contributed by atoms with Gasteiger partial charge in [0.15, 0.2) is 0 Å². The fourth-order valence-corrected chi connectivity index (χ4v) is 4.37. The van der Waals surface area contributed by atoms with Crippen molar-refractivity contribution in [3.63, 3.8) is 0 Å². The van der Waals surface area contributed by atoms with Crippen LogP contribution in [0.1, 0.15) is 48.8 Å². The lowest BCUT2D eigenvalue weighted by Crippen LogP contribution is -2.24. The summed E-state index contributed by atoms with van der Waals surface area (Å²) in [6, 6.07) is 19.3. The third-order valence-electron chi connectivity index (χ3n) is 5.55. The molecule has 118 valence electrons. The van der Waals surface area contributed by atoms with Crippen molar-refractivity contribution in [3.8, 4) is 0 Å². The highest BCUT2D eigenvalue weighted by atomic mass is 14.9. The number of pyridine rings is 1. The third-order valence-corrected chi connectivity index (χ3v) is 5.55. The Kier molecular flexibility index (Phi) is 3.05. The average Bonchev–Trinajstić information content (AvgIpc) is 2.96. The van der Waals surface area contributed by atoms with Crippen molar-refractivity contribution < 1.29 is 0 Å². The molecule has 0 N–H and O–H groups in total. The molecule has 2 aromatic carbocycles. The van der Waals surface area contributed by atoms with Gasteiger partial charge in [0, 0.05) is 22.7 Å². The Morgan fingerprint density at radius 1 is 0.833 bits per heavy atom. The number of para-hydroxylation sites is 1. The van der Waals surface area contributed by atoms with E-state index in [0.717, 1.165) is 16.8 Å². The second kappa shape index (κ2) is 5.27. The maximum atomic E-state index is 5.30. The van der Waals surface area contributed by atoms with E-state index < -0.39 is 0 Å². The topological polar surface area (TPSA) is 25.2 Å². The Morgan fingerprint density at radius 2 is 1.62 bits per heavy atom. The second-order valence-electron chi connectivity index (χ2n) is 7.01. The number of fused-ring (bicyclic) bond motifs is 3. The van der Waals surface area contributed by atoms with Crippen molar-refractivity contribution in [2.75, 3.05) is 0 Å². The van der Waals surface area contributed by atoms with Crippen LogP contribution in [0.2, 0.25) is 0 Å². The van der Waals surface area contributed by atoms with Crippen LogP contribution < -0.4 is 0 Å². The van der Waals surface area contributed by atoms with Crippen LogP contribution in [-0.4, -0.2) is 10.7 Å². The maximum absolute atomic E-state index is 5.30. The van der Waals surface area contributed by atoms with E-state index in [-0.39, 0.29) is 5.54 Å². The smallest absolute Gasteiger partial charge is 0.0870 e. The number of hydrogen-bond acceptors (Lipinski definition) is 2. The minimum atomic E-state index is 0.00974. The number of hydrogen-bond donors (Lipinski definition) is 0. The summed E-state index contributed by atoms with van der Waals surface area (Å²) >= 11 is 0. The van der Waals surface area contributed by atoms with E-state index in [9.17, 15) is 0 Å². The quantitative estimate of drug-likeness (QED) is 0.603. The number of nitrogens with zero attached hydrogens (tertiary/aromatic N) is 2. The van der Waals surface area contributed by atoms with Gasteiger partial charge in [-0.15, -0.1) is 0 Å². The second-order valence-corrected chi connectivity index (χ2v) is 7.01. The van der Waals surface area contributed by atoms with Crippen molar-refractivity contribution >= 4 is 16.6 Å². The van der Waals surface area contributed by atoms with Crippen LogP contribution >= 0.6 is 0 Å². The molecule has 5 rings (SSSR count). The van der Waals surface area contributed by atoms with Gasteiger partial charge < -0.3 is 0 Å². The number of aliphatic imine (C=N–C) groups is 1. The number of benzene rings is 2. The number of aromatic nitrogens is 1. The predicted molar refractivity (Wildman–Crippen MR) is 98.6 cm³/mol. The summed E-state index contributed by atoms with van der Waals surface area (Å²) < 4.78 is 0. The monoisotopic (exact) mass is 312 g/mol. The van der Waals surface area contributed by atoms with Crippen molar-refractivity contribution in [1.29, 1.82) is 0 Å². The summed E-state index contributed by atoms with van der Waals surface area (Å²) in [7, 11) is 0. The Hall–Kier alpha value is -2.48. The fraction of sp³-hybridized carbons (Fsp3) is 0.273. The molecule has 2 heterocycles. The molecule has 2 heteroatoms. The summed E-state index contributed by atoms with van der Waals surface area (Å²) in [5.41, 5.74) is 6.05. The van der Waals surface area contributed by atoms with E-state index in [2.05, 4.69) is 53.5 Å². The normalized spacial score (nSPS) is 18.6. The van der Waals surface area contributed by atoms with Gasteiger partial charge in [0.2, 0.25) is 0 Å². The zero-order valence-corrected chi connectivity index (χ0v) is 13.7. The van der Waals surface area contributed by atoms with Crippen LogP contribution in [0.15, 0.2) is 65.8 Å². The van der Waals surface area contributed by atoms with Gasteiger partial charge in [0.1, 0.15) is 0 Å². The first-order chi connectivity index (χ1) is 11.9. The first kappa shape index (κ1) is 13.9. The van der Waals surface area contributed by atoms with Crippen molar-refractivity contribution in [3.05, 3.63) is 77.5 Å². The molecule has 1 aromatic heterocycles. The molecule has 0 saturated heterocycles. The summed E-state index contributed by atoms with van der Waals surface area (Å²) in [6.45, 7) is 0. The minimum Gasteiger partial charge on any atom is -0.273 e. The zero-order valence-electron chi connectivity index (χ0n) is 13.7. The largest absolute Gasteiger partial charge is 0.273 e. The minimum absolute atomic E-state index is 0.00974. The Balaban J connectivity index is 1.70. The van der Waals surface area contributed by atoms with Gasteiger partial charge in [-0.25, -0.2) is 0 Å². The predicted octanol–water partition coefficient (Wildman–Crippen LogP) is 5.25. The summed E-state index contributed by atoms with van der Waals surface area (Å²) in [5, 5.41) is 1.18. The molecule has 24 heavy (non-hydrogen) atoms. The Morgan fingerprint density at radius 3 is 2.54 bits per heavy atom. The molecule has 0 radical (unpaired) electrons. The van der Waals surface area contributed by atoms with E-state index in [1.54, 1.807) is 0 Å². The van der Waals surface area contributed by atoms with Crippen LogP contribution in [-0.2, 0) is 5.54 Å². The lowest BCUT2D eigenvalue weighted by atomic mass is 9.77. The first-order valence-electron chi connectivity index (χ1n) is 8.91. The molecule has 0 amide bonds. The summed E-state index contributed by atoms with van der Waals surface area (Å²) in [4.78, 5) is 9.95. The molecular weight excluding hydrogens is 292 g/mol. The van der Waals surface area contributed by atoms with Gasteiger partial charge >= 0.3 is 0 Å². The lowest BCUT2D eigenvalue weighted by Gasteiger charge is -2.31. The van der Waals surface area contributed by atoms with Crippen LogP contribution in [0.3, 0.4) is 0 Å². The molecule has 1 spiro atoms. The molecule has 0 unspecified atom stereocenters. The van der Waals surface area contributed by atoms with Crippen molar-refractivity contribution in [2.24, 2.45) is 4.99 Å². The number of rotatable bonds is 1. The van der Waals surface area contributed by atoms with Gasteiger partial charge in [-0.3, -0.25) is 9.98 Å². The van der Waals surface area contributed by atoms with Gasteiger partial charge in [-0.2, -0.15) is 0 Å².